The van der Waals surface area contributed by atoms with E-state index in [1.54, 1.807) is 0 Å². The van der Waals surface area contributed by atoms with Crippen LogP contribution in [0.15, 0.2) is 27.1 Å². The largest absolute Gasteiger partial charge is 0.314 e. The van der Waals surface area contributed by atoms with Crippen molar-refractivity contribution in [2.24, 2.45) is 0 Å². The molecule has 0 aromatic heterocycles. The molecular weight excluding hydrogens is 451 g/mol. The van der Waals surface area contributed by atoms with Crippen molar-refractivity contribution in [3.63, 3.8) is 0 Å². The summed E-state index contributed by atoms with van der Waals surface area (Å²) >= 11 is 7.25. The number of hydrogen-bond donors (Lipinski definition) is 1. The SMILES string of the molecule is CCCCC[C@H](c1cc(Br)cc(Br)c1)N1CCNCC1.Cl.Cl. The molecule has 1 fully saturated rings. The fourth-order valence-electron chi connectivity index (χ4n) is 2.91. The maximum Gasteiger partial charge on any atom is 0.0350 e. The molecule has 1 atom stereocenters. The van der Waals surface area contributed by atoms with Crippen LogP contribution < -0.4 is 5.32 Å². The van der Waals surface area contributed by atoms with Gasteiger partial charge in [0.05, 0.1) is 0 Å². The highest BCUT2D eigenvalue weighted by molar-refractivity contribution is 9.11. The highest BCUT2D eigenvalue weighted by Crippen LogP contribution is 2.31. The number of rotatable bonds is 6. The molecule has 1 aliphatic rings. The Morgan fingerprint density at radius 1 is 1.05 bits per heavy atom. The molecule has 1 aromatic carbocycles. The van der Waals surface area contributed by atoms with Crippen molar-refractivity contribution in [2.75, 3.05) is 26.2 Å². The number of unbranched alkanes of at least 4 members (excludes halogenated alkanes) is 2. The highest BCUT2D eigenvalue weighted by atomic mass is 79.9. The van der Waals surface area contributed by atoms with Crippen LogP contribution in [0.1, 0.15) is 44.2 Å². The summed E-state index contributed by atoms with van der Waals surface area (Å²) in [6.45, 7) is 6.80. The first-order valence-electron chi connectivity index (χ1n) is 7.61. The van der Waals surface area contributed by atoms with E-state index in [-0.39, 0.29) is 24.8 Å². The molecule has 0 radical (unpaired) electrons. The summed E-state index contributed by atoms with van der Waals surface area (Å²) in [6, 6.07) is 7.23. The number of benzene rings is 1. The predicted molar refractivity (Wildman–Crippen MR) is 108 cm³/mol. The third kappa shape index (κ3) is 7.06. The van der Waals surface area contributed by atoms with Crippen LogP contribution >= 0.6 is 56.7 Å². The fraction of sp³-hybridized carbons (Fsp3) is 0.625. The van der Waals surface area contributed by atoms with E-state index in [9.17, 15) is 0 Å². The van der Waals surface area contributed by atoms with Gasteiger partial charge in [-0.05, 0) is 30.2 Å². The highest BCUT2D eigenvalue weighted by Gasteiger charge is 2.22. The minimum Gasteiger partial charge on any atom is -0.314 e. The van der Waals surface area contributed by atoms with Gasteiger partial charge in [0, 0.05) is 41.2 Å². The molecule has 0 aliphatic carbocycles. The van der Waals surface area contributed by atoms with Gasteiger partial charge in [0.25, 0.3) is 0 Å². The molecule has 0 saturated carbocycles. The maximum absolute atomic E-state index is 3.63. The summed E-state index contributed by atoms with van der Waals surface area (Å²) < 4.78 is 2.33. The van der Waals surface area contributed by atoms with E-state index in [1.165, 1.54) is 31.2 Å². The van der Waals surface area contributed by atoms with Crippen molar-refractivity contribution in [1.29, 1.82) is 0 Å². The third-order valence-corrected chi connectivity index (χ3v) is 4.86. The molecule has 128 valence electrons. The van der Waals surface area contributed by atoms with Crippen LogP contribution in [0.2, 0.25) is 0 Å². The van der Waals surface area contributed by atoms with Crippen LogP contribution in [-0.2, 0) is 0 Å². The Hall–Kier alpha value is 0.680. The molecule has 2 nitrogen and oxygen atoms in total. The lowest BCUT2D eigenvalue weighted by Crippen LogP contribution is -2.45. The molecular formula is C16H26Br2Cl2N2. The van der Waals surface area contributed by atoms with Gasteiger partial charge in [0.2, 0.25) is 0 Å². The van der Waals surface area contributed by atoms with E-state index in [4.69, 9.17) is 0 Å². The van der Waals surface area contributed by atoms with Crippen molar-refractivity contribution in [3.8, 4) is 0 Å². The zero-order valence-electron chi connectivity index (χ0n) is 13.0. The Balaban J connectivity index is 0.00000220. The van der Waals surface area contributed by atoms with Crippen LogP contribution in [0.25, 0.3) is 0 Å². The number of nitrogens with zero attached hydrogens (tertiary/aromatic N) is 1. The predicted octanol–water partition coefficient (Wildman–Crippen LogP) is 5.58. The van der Waals surface area contributed by atoms with Gasteiger partial charge in [0.15, 0.2) is 0 Å². The Kier molecular flexibility index (Phi) is 12.5. The van der Waals surface area contributed by atoms with Crippen LogP contribution in [-0.4, -0.2) is 31.1 Å². The summed E-state index contributed by atoms with van der Waals surface area (Å²) in [6.07, 6.45) is 5.19. The Bertz CT molecular complexity index is 406. The molecule has 1 heterocycles. The van der Waals surface area contributed by atoms with Crippen LogP contribution in [0.5, 0.6) is 0 Å². The van der Waals surface area contributed by atoms with E-state index in [2.05, 4.69) is 67.2 Å². The van der Waals surface area contributed by atoms with Gasteiger partial charge in [-0.1, -0.05) is 58.0 Å². The first-order valence-corrected chi connectivity index (χ1v) is 9.20. The van der Waals surface area contributed by atoms with Crippen molar-refractivity contribution < 1.29 is 0 Å². The Morgan fingerprint density at radius 2 is 1.64 bits per heavy atom. The van der Waals surface area contributed by atoms with Gasteiger partial charge < -0.3 is 5.32 Å². The van der Waals surface area contributed by atoms with Gasteiger partial charge in [-0.3, -0.25) is 4.90 Å². The average Bonchev–Trinajstić information content (AvgIpc) is 2.43. The van der Waals surface area contributed by atoms with Crippen molar-refractivity contribution >= 4 is 56.7 Å². The fourth-order valence-corrected chi connectivity index (χ4v) is 4.24. The molecule has 1 saturated heterocycles. The summed E-state index contributed by atoms with van der Waals surface area (Å²) in [5.41, 5.74) is 1.43. The quantitative estimate of drug-likeness (QED) is 0.539. The van der Waals surface area contributed by atoms with E-state index in [0.717, 1.165) is 35.1 Å². The van der Waals surface area contributed by atoms with E-state index < -0.39 is 0 Å². The van der Waals surface area contributed by atoms with Crippen molar-refractivity contribution in [1.82, 2.24) is 10.2 Å². The molecule has 0 unspecified atom stereocenters. The third-order valence-electron chi connectivity index (χ3n) is 3.94. The number of hydrogen-bond acceptors (Lipinski definition) is 2. The Labute approximate surface area is 163 Å². The van der Waals surface area contributed by atoms with E-state index >= 15 is 0 Å². The van der Waals surface area contributed by atoms with E-state index in [0.29, 0.717) is 6.04 Å². The van der Waals surface area contributed by atoms with Gasteiger partial charge >= 0.3 is 0 Å². The minimum atomic E-state index is 0. The number of halogens is 4. The smallest absolute Gasteiger partial charge is 0.0350 e. The van der Waals surface area contributed by atoms with Gasteiger partial charge in [-0.15, -0.1) is 24.8 Å². The molecule has 1 aliphatic heterocycles. The lowest BCUT2D eigenvalue weighted by Gasteiger charge is -2.35. The first-order chi connectivity index (χ1) is 9.70. The topological polar surface area (TPSA) is 15.3 Å². The van der Waals surface area contributed by atoms with Gasteiger partial charge in [0.1, 0.15) is 0 Å². The van der Waals surface area contributed by atoms with E-state index in [1.807, 2.05) is 0 Å². The molecule has 22 heavy (non-hydrogen) atoms. The van der Waals surface area contributed by atoms with Crippen LogP contribution in [0.3, 0.4) is 0 Å². The molecule has 2 rings (SSSR count). The van der Waals surface area contributed by atoms with Crippen molar-refractivity contribution in [3.05, 3.63) is 32.7 Å². The second kappa shape index (κ2) is 12.1. The number of nitrogens with one attached hydrogen (secondary N) is 1. The lowest BCUT2D eigenvalue weighted by atomic mass is 9.98. The van der Waals surface area contributed by atoms with Crippen molar-refractivity contribution in [2.45, 2.75) is 38.6 Å². The molecule has 0 amide bonds. The summed E-state index contributed by atoms with van der Waals surface area (Å²) in [4.78, 5) is 2.64. The second-order valence-corrected chi connectivity index (χ2v) is 7.33. The Morgan fingerprint density at radius 3 is 2.18 bits per heavy atom. The molecule has 1 aromatic rings. The molecule has 0 spiro atoms. The first kappa shape index (κ1) is 22.7. The monoisotopic (exact) mass is 474 g/mol. The zero-order valence-corrected chi connectivity index (χ0v) is 17.8. The zero-order chi connectivity index (χ0) is 14.4. The lowest BCUT2D eigenvalue weighted by molar-refractivity contribution is 0.162. The van der Waals surface area contributed by atoms with Crippen LogP contribution in [0.4, 0.5) is 0 Å². The molecule has 6 heteroatoms. The van der Waals surface area contributed by atoms with Gasteiger partial charge in [-0.2, -0.15) is 0 Å². The molecule has 0 bridgehead atoms. The minimum absolute atomic E-state index is 0. The second-order valence-electron chi connectivity index (χ2n) is 5.50. The maximum atomic E-state index is 3.63. The summed E-state index contributed by atoms with van der Waals surface area (Å²) in [7, 11) is 0. The van der Waals surface area contributed by atoms with Gasteiger partial charge in [-0.25, -0.2) is 0 Å². The average molecular weight is 477 g/mol. The standard InChI is InChI=1S/C16H24Br2N2.2ClH/c1-2-3-4-5-16(20-8-6-19-7-9-20)13-10-14(17)12-15(18)11-13;;/h10-12,16,19H,2-9H2,1H3;2*1H/t16-;;/m1../s1. The summed E-state index contributed by atoms with van der Waals surface area (Å²) in [5, 5.41) is 3.45. The number of piperazine rings is 1. The van der Waals surface area contributed by atoms with Crippen LogP contribution in [0, 0.1) is 0 Å². The summed E-state index contributed by atoms with van der Waals surface area (Å²) in [5.74, 6) is 0. The molecule has 1 N–H and O–H groups in total. The normalized spacial score (nSPS) is 16.5.